The molecule has 17 heavy (non-hydrogen) atoms. The summed E-state index contributed by atoms with van der Waals surface area (Å²) in [5, 5.41) is 5.38. The molecule has 1 atom stereocenters. The van der Waals surface area contributed by atoms with Gasteiger partial charge in [-0.25, -0.2) is 5.01 Å². The van der Waals surface area contributed by atoms with E-state index < -0.39 is 0 Å². The summed E-state index contributed by atoms with van der Waals surface area (Å²) >= 11 is 0. The maximum atomic E-state index is 12.1. The quantitative estimate of drug-likeness (QED) is 0.717. The molecule has 0 aliphatic carbocycles. The lowest BCUT2D eigenvalue weighted by atomic mass is 10.2. The lowest BCUT2D eigenvalue weighted by Gasteiger charge is -2.34. The zero-order chi connectivity index (χ0) is 12.1. The fourth-order valence-corrected chi connectivity index (χ4v) is 2.49. The second kappa shape index (κ2) is 6.33. The molecule has 98 valence electrons. The SMILES string of the molecule is CC(C(=O)NN1CCCCC1)N1CCNCC1. The number of carbonyl (C=O) groups is 1. The van der Waals surface area contributed by atoms with Crippen LogP contribution in [-0.2, 0) is 4.79 Å². The molecule has 2 fully saturated rings. The number of hydrogen-bond acceptors (Lipinski definition) is 4. The van der Waals surface area contributed by atoms with Crippen molar-refractivity contribution < 1.29 is 4.79 Å². The van der Waals surface area contributed by atoms with E-state index in [2.05, 4.69) is 20.7 Å². The molecule has 0 aromatic carbocycles. The van der Waals surface area contributed by atoms with Gasteiger partial charge < -0.3 is 5.32 Å². The van der Waals surface area contributed by atoms with E-state index in [0.29, 0.717) is 0 Å². The maximum Gasteiger partial charge on any atom is 0.251 e. The number of nitrogens with zero attached hydrogens (tertiary/aromatic N) is 2. The van der Waals surface area contributed by atoms with Gasteiger partial charge in [0.15, 0.2) is 0 Å². The molecular weight excluding hydrogens is 216 g/mol. The summed E-state index contributed by atoms with van der Waals surface area (Å²) in [6, 6.07) is -0.0148. The largest absolute Gasteiger partial charge is 0.314 e. The molecule has 5 heteroatoms. The highest BCUT2D eigenvalue weighted by molar-refractivity contribution is 5.80. The summed E-state index contributed by atoms with van der Waals surface area (Å²) in [5.41, 5.74) is 3.05. The Hall–Kier alpha value is -0.650. The van der Waals surface area contributed by atoms with Crippen molar-refractivity contribution >= 4 is 5.91 Å². The highest BCUT2D eigenvalue weighted by atomic mass is 16.2. The Morgan fingerprint density at radius 3 is 2.41 bits per heavy atom. The Morgan fingerprint density at radius 1 is 1.12 bits per heavy atom. The number of hydrogen-bond donors (Lipinski definition) is 2. The van der Waals surface area contributed by atoms with Crippen LogP contribution in [0.5, 0.6) is 0 Å². The number of hydrazine groups is 1. The monoisotopic (exact) mass is 240 g/mol. The molecule has 5 nitrogen and oxygen atoms in total. The van der Waals surface area contributed by atoms with Crippen LogP contribution in [0.2, 0.25) is 0 Å². The summed E-state index contributed by atoms with van der Waals surface area (Å²) in [5.74, 6) is 0.147. The van der Waals surface area contributed by atoms with E-state index in [1.165, 1.54) is 19.3 Å². The Bertz CT molecular complexity index is 247. The molecule has 2 N–H and O–H groups in total. The van der Waals surface area contributed by atoms with Gasteiger partial charge in [-0.1, -0.05) is 6.42 Å². The minimum atomic E-state index is -0.0148. The zero-order valence-corrected chi connectivity index (χ0v) is 10.7. The third-order valence-electron chi connectivity index (χ3n) is 3.70. The van der Waals surface area contributed by atoms with Crippen molar-refractivity contribution in [3.8, 4) is 0 Å². The van der Waals surface area contributed by atoms with Crippen LogP contribution in [0.3, 0.4) is 0 Å². The Labute approximate surface area is 103 Å². The highest BCUT2D eigenvalue weighted by Gasteiger charge is 2.24. The van der Waals surface area contributed by atoms with Crippen LogP contribution in [0.4, 0.5) is 0 Å². The van der Waals surface area contributed by atoms with Crippen molar-refractivity contribution in [3.63, 3.8) is 0 Å². The molecule has 0 saturated carbocycles. The van der Waals surface area contributed by atoms with Crippen LogP contribution in [0.25, 0.3) is 0 Å². The van der Waals surface area contributed by atoms with Gasteiger partial charge in [0.05, 0.1) is 6.04 Å². The molecule has 2 rings (SSSR count). The predicted molar refractivity (Wildman–Crippen MR) is 67.5 cm³/mol. The van der Waals surface area contributed by atoms with Gasteiger partial charge in [0, 0.05) is 39.3 Å². The minimum absolute atomic E-state index is 0.0148. The van der Waals surface area contributed by atoms with Gasteiger partial charge in [-0.2, -0.15) is 0 Å². The van der Waals surface area contributed by atoms with Gasteiger partial charge in [0.1, 0.15) is 0 Å². The van der Waals surface area contributed by atoms with Gasteiger partial charge in [-0.05, 0) is 19.8 Å². The molecular formula is C12H24N4O. The molecule has 1 unspecified atom stereocenters. The van der Waals surface area contributed by atoms with Crippen LogP contribution in [0.1, 0.15) is 26.2 Å². The van der Waals surface area contributed by atoms with Crippen molar-refractivity contribution in [2.45, 2.75) is 32.2 Å². The molecule has 0 aromatic rings. The fourth-order valence-electron chi connectivity index (χ4n) is 2.49. The second-order valence-electron chi connectivity index (χ2n) is 4.99. The van der Waals surface area contributed by atoms with Gasteiger partial charge in [-0.3, -0.25) is 15.1 Å². The van der Waals surface area contributed by atoms with E-state index in [9.17, 15) is 4.79 Å². The number of piperidine rings is 1. The van der Waals surface area contributed by atoms with Gasteiger partial charge in [-0.15, -0.1) is 0 Å². The maximum absolute atomic E-state index is 12.1. The van der Waals surface area contributed by atoms with E-state index >= 15 is 0 Å². The van der Waals surface area contributed by atoms with E-state index in [0.717, 1.165) is 39.3 Å². The summed E-state index contributed by atoms with van der Waals surface area (Å²) in [4.78, 5) is 14.3. The van der Waals surface area contributed by atoms with Gasteiger partial charge in [0.25, 0.3) is 5.91 Å². The molecule has 2 aliphatic rings. The number of nitrogens with one attached hydrogen (secondary N) is 2. The predicted octanol–water partition coefficient (Wildman–Crippen LogP) is -0.203. The van der Waals surface area contributed by atoms with Crippen LogP contribution in [0.15, 0.2) is 0 Å². The van der Waals surface area contributed by atoms with Gasteiger partial charge >= 0.3 is 0 Å². The summed E-state index contributed by atoms with van der Waals surface area (Å²) < 4.78 is 0. The highest BCUT2D eigenvalue weighted by Crippen LogP contribution is 2.07. The topological polar surface area (TPSA) is 47.6 Å². The normalized spacial score (nSPS) is 25.5. The van der Waals surface area contributed by atoms with Crippen LogP contribution < -0.4 is 10.7 Å². The second-order valence-corrected chi connectivity index (χ2v) is 4.99. The van der Waals surface area contributed by atoms with E-state index in [4.69, 9.17) is 0 Å². The summed E-state index contributed by atoms with van der Waals surface area (Å²) in [7, 11) is 0. The number of piperazine rings is 1. The number of amides is 1. The van der Waals surface area contributed by atoms with Gasteiger partial charge in [0.2, 0.25) is 0 Å². The van der Waals surface area contributed by atoms with Crippen molar-refractivity contribution in [1.29, 1.82) is 0 Å². The fraction of sp³-hybridized carbons (Fsp3) is 0.917. The molecule has 0 radical (unpaired) electrons. The molecule has 2 aliphatic heterocycles. The molecule has 2 heterocycles. The third-order valence-corrected chi connectivity index (χ3v) is 3.70. The molecule has 1 amide bonds. The zero-order valence-electron chi connectivity index (χ0n) is 10.7. The van der Waals surface area contributed by atoms with E-state index in [1.807, 2.05) is 6.92 Å². The van der Waals surface area contributed by atoms with Crippen LogP contribution in [0, 0.1) is 0 Å². The Kier molecular flexibility index (Phi) is 4.76. The van der Waals surface area contributed by atoms with Crippen molar-refractivity contribution in [1.82, 2.24) is 20.7 Å². The smallest absolute Gasteiger partial charge is 0.251 e. The average molecular weight is 240 g/mol. The number of rotatable bonds is 3. The average Bonchev–Trinajstić information content (AvgIpc) is 2.40. The Balaban J connectivity index is 1.77. The first-order valence-corrected chi connectivity index (χ1v) is 6.77. The number of carbonyl (C=O) groups excluding carboxylic acids is 1. The van der Waals surface area contributed by atoms with Crippen molar-refractivity contribution in [2.75, 3.05) is 39.3 Å². The first-order chi connectivity index (χ1) is 8.27. The standard InChI is InChI=1S/C12H24N4O/c1-11(15-9-5-13-6-10-15)12(17)14-16-7-3-2-4-8-16/h11,13H,2-10H2,1H3,(H,14,17). The van der Waals surface area contributed by atoms with Crippen LogP contribution >= 0.6 is 0 Å². The molecule has 2 saturated heterocycles. The molecule has 0 bridgehead atoms. The Morgan fingerprint density at radius 2 is 1.76 bits per heavy atom. The minimum Gasteiger partial charge on any atom is -0.314 e. The first kappa shape index (κ1) is 12.8. The molecule has 0 aromatic heterocycles. The summed E-state index contributed by atoms with van der Waals surface area (Å²) in [6.07, 6.45) is 3.68. The van der Waals surface area contributed by atoms with Crippen molar-refractivity contribution in [2.24, 2.45) is 0 Å². The van der Waals surface area contributed by atoms with E-state index in [-0.39, 0.29) is 11.9 Å². The third kappa shape index (κ3) is 3.66. The van der Waals surface area contributed by atoms with Crippen molar-refractivity contribution in [3.05, 3.63) is 0 Å². The first-order valence-electron chi connectivity index (χ1n) is 6.77. The summed E-state index contributed by atoms with van der Waals surface area (Å²) in [6.45, 7) is 7.91. The van der Waals surface area contributed by atoms with Crippen LogP contribution in [-0.4, -0.2) is 61.1 Å². The lowest BCUT2D eigenvalue weighted by Crippen LogP contribution is -2.56. The molecule has 0 spiro atoms. The lowest BCUT2D eigenvalue weighted by molar-refractivity contribution is -0.131. The van der Waals surface area contributed by atoms with E-state index in [1.54, 1.807) is 0 Å².